The van der Waals surface area contributed by atoms with Crippen molar-refractivity contribution >= 4 is 5.96 Å². The van der Waals surface area contributed by atoms with E-state index < -0.39 is 0 Å². The Morgan fingerprint density at radius 3 is 2.48 bits per heavy atom. The van der Waals surface area contributed by atoms with Crippen molar-refractivity contribution in [3.05, 3.63) is 59.9 Å². The first-order chi connectivity index (χ1) is 12.2. The monoisotopic (exact) mass is 345 g/mol. The van der Waals surface area contributed by atoms with Gasteiger partial charge in [0.2, 0.25) is 0 Å². The van der Waals surface area contributed by atoms with Gasteiger partial charge in [0.25, 0.3) is 0 Å². The molecule has 2 aromatic carbocycles. The number of hydrogen-bond donors (Lipinski definition) is 2. The van der Waals surface area contributed by atoms with Crippen LogP contribution < -0.4 is 20.1 Å². The van der Waals surface area contributed by atoms with Crippen molar-refractivity contribution < 1.29 is 13.9 Å². The van der Waals surface area contributed by atoms with Gasteiger partial charge in [-0.3, -0.25) is 4.99 Å². The smallest absolute Gasteiger partial charge is 0.191 e. The van der Waals surface area contributed by atoms with Gasteiger partial charge in [-0.2, -0.15) is 0 Å². The van der Waals surface area contributed by atoms with Crippen molar-refractivity contribution in [2.75, 3.05) is 33.9 Å². The van der Waals surface area contributed by atoms with Gasteiger partial charge in [-0.05, 0) is 36.2 Å². The fourth-order valence-electron chi connectivity index (χ4n) is 2.23. The van der Waals surface area contributed by atoms with E-state index in [1.54, 1.807) is 26.3 Å². The third-order valence-corrected chi connectivity index (χ3v) is 3.55. The lowest BCUT2D eigenvalue weighted by Gasteiger charge is -2.12. The third-order valence-electron chi connectivity index (χ3n) is 3.55. The zero-order valence-electron chi connectivity index (χ0n) is 14.6. The van der Waals surface area contributed by atoms with Gasteiger partial charge >= 0.3 is 0 Å². The quantitative estimate of drug-likeness (QED) is 0.439. The van der Waals surface area contributed by atoms with Crippen LogP contribution >= 0.6 is 0 Å². The number of guanidine groups is 1. The zero-order valence-corrected chi connectivity index (χ0v) is 14.6. The van der Waals surface area contributed by atoms with E-state index in [-0.39, 0.29) is 5.82 Å². The largest absolute Gasteiger partial charge is 0.497 e. The van der Waals surface area contributed by atoms with Crippen LogP contribution in [0.4, 0.5) is 4.39 Å². The molecule has 0 saturated heterocycles. The molecule has 0 aliphatic heterocycles. The number of benzene rings is 2. The number of nitrogens with one attached hydrogen (secondary N) is 2. The number of ether oxygens (including phenoxy) is 2. The van der Waals surface area contributed by atoms with E-state index in [1.165, 1.54) is 17.7 Å². The Morgan fingerprint density at radius 1 is 1.04 bits per heavy atom. The van der Waals surface area contributed by atoms with Crippen molar-refractivity contribution in [2.45, 2.75) is 6.42 Å². The highest BCUT2D eigenvalue weighted by atomic mass is 19.1. The van der Waals surface area contributed by atoms with Crippen LogP contribution in [0.3, 0.4) is 0 Å². The van der Waals surface area contributed by atoms with Crippen molar-refractivity contribution in [3.63, 3.8) is 0 Å². The molecule has 5 nitrogen and oxygen atoms in total. The third kappa shape index (κ3) is 6.71. The minimum atomic E-state index is -0.304. The van der Waals surface area contributed by atoms with Crippen molar-refractivity contribution in [2.24, 2.45) is 4.99 Å². The fraction of sp³-hybridized carbons (Fsp3) is 0.316. The summed E-state index contributed by atoms with van der Waals surface area (Å²) in [6.45, 7) is 1.75. The Balaban J connectivity index is 1.64. The molecular weight excluding hydrogens is 321 g/mol. The predicted octanol–water partition coefficient (Wildman–Crippen LogP) is 2.62. The lowest BCUT2D eigenvalue weighted by molar-refractivity contribution is 0.320. The Kier molecular flexibility index (Phi) is 7.56. The maximum atomic E-state index is 13.0. The van der Waals surface area contributed by atoms with E-state index in [4.69, 9.17) is 9.47 Å². The van der Waals surface area contributed by atoms with Crippen LogP contribution in [0.2, 0.25) is 0 Å². The molecule has 25 heavy (non-hydrogen) atoms. The van der Waals surface area contributed by atoms with Gasteiger partial charge in [0.15, 0.2) is 5.96 Å². The van der Waals surface area contributed by atoms with Crippen molar-refractivity contribution in [1.29, 1.82) is 0 Å². The summed E-state index contributed by atoms with van der Waals surface area (Å²) in [5.74, 6) is 1.77. The van der Waals surface area contributed by atoms with Crippen LogP contribution in [-0.2, 0) is 6.42 Å². The van der Waals surface area contributed by atoms with Crippen LogP contribution in [-0.4, -0.2) is 39.8 Å². The molecule has 0 amide bonds. The Hall–Kier alpha value is -2.76. The molecule has 0 heterocycles. The van der Waals surface area contributed by atoms with Gasteiger partial charge in [-0.15, -0.1) is 0 Å². The fourth-order valence-corrected chi connectivity index (χ4v) is 2.23. The highest BCUT2D eigenvalue weighted by Gasteiger charge is 2.00. The number of aliphatic imine (C=N–C) groups is 1. The normalized spacial score (nSPS) is 11.1. The molecule has 0 saturated carbocycles. The van der Waals surface area contributed by atoms with Crippen molar-refractivity contribution in [1.82, 2.24) is 10.6 Å². The first kappa shape index (κ1) is 18.6. The molecule has 0 unspecified atom stereocenters. The molecule has 2 rings (SSSR count). The van der Waals surface area contributed by atoms with Gasteiger partial charge in [0, 0.05) is 19.7 Å². The van der Waals surface area contributed by atoms with E-state index in [0.29, 0.717) is 24.9 Å². The highest BCUT2D eigenvalue weighted by molar-refractivity contribution is 5.79. The first-order valence-electron chi connectivity index (χ1n) is 8.17. The summed E-state index contributed by atoms with van der Waals surface area (Å²) in [5.41, 5.74) is 1.22. The SMILES string of the molecule is CN=C(NCCOc1cccc(F)c1)NCCc1ccc(OC)cc1. The molecule has 0 radical (unpaired) electrons. The molecule has 134 valence electrons. The second-order valence-electron chi connectivity index (χ2n) is 5.33. The Labute approximate surface area is 147 Å². The molecule has 0 aliphatic carbocycles. The highest BCUT2D eigenvalue weighted by Crippen LogP contribution is 2.12. The number of nitrogens with zero attached hydrogens (tertiary/aromatic N) is 1. The molecular formula is C19H24FN3O2. The van der Waals surface area contributed by atoms with Gasteiger partial charge in [0.1, 0.15) is 23.9 Å². The zero-order chi connectivity index (χ0) is 17.9. The van der Waals surface area contributed by atoms with E-state index in [2.05, 4.69) is 15.6 Å². The summed E-state index contributed by atoms with van der Waals surface area (Å²) in [5, 5.41) is 6.41. The van der Waals surface area contributed by atoms with Crippen molar-refractivity contribution in [3.8, 4) is 11.5 Å². The lowest BCUT2D eigenvalue weighted by atomic mass is 10.1. The van der Waals surface area contributed by atoms with Gasteiger partial charge in [0.05, 0.1) is 13.7 Å². The summed E-state index contributed by atoms with van der Waals surface area (Å²) < 4.78 is 23.7. The average Bonchev–Trinajstić information content (AvgIpc) is 2.64. The molecule has 0 atom stereocenters. The molecule has 0 fully saturated rings. The first-order valence-corrected chi connectivity index (χ1v) is 8.17. The number of halogens is 1. The van der Waals surface area contributed by atoms with E-state index in [0.717, 1.165) is 18.7 Å². The molecule has 0 aromatic heterocycles. The summed E-state index contributed by atoms with van der Waals surface area (Å²) >= 11 is 0. The van der Waals surface area contributed by atoms with Crippen LogP contribution in [0.1, 0.15) is 5.56 Å². The summed E-state index contributed by atoms with van der Waals surface area (Å²) in [6, 6.07) is 14.1. The second kappa shape index (κ2) is 10.2. The molecule has 2 N–H and O–H groups in total. The maximum Gasteiger partial charge on any atom is 0.191 e. The van der Waals surface area contributed by atoms with E-state index in [9.17, 15) is 4.39 Å². The van der Waals surface area contributed by atoms with E-state index >= 15 is 0 Å². The maximum absolute atomic E-state index is 13.0. The number of rotatable bonds is 8. The van der Waals surface area contributed by atoms with E-state index in [1.807, 2.05) is 24.3 Å². The van der Waals surface area contributed by atoms with Gasteiger partial charge < -0.3 is 20.1 Å². The minimum absolute atomic E-state index is 0.304. The topological polar surface area (TPSA) is 54.9 Å². The van der Waals surface area contributed by atoms with Gasteiger partial charge in [-0.1, -0.05) is 18.2 Å². The molecule has 0 aliphatic rings. The van der Waals surface area contributed by atoms with Crippen LogP contribution in [0.15, 0.2) is 53.5 Å². The molecule has 2 aromatic rings. The van der Waals surface area contributed by atoms with Crippen LogP contribution in [0, 0.1) is 5.82 Å². The number of hydrogen-bond acceptors (Lipinski definition) is 3. The minimum Gasteiger partial charge on any atom is -0.497 e. The lowest BCUT2D eigenvalue weighted by Crippen LogP contribution is -2.40. The van der Waals surface area contributed by atoms with Gasteiger partial charge in [-0.25, -0.2) is 4.39 Å². The summed E-state index contributed by atoms with van der Waals surface area (Å²) in [4.78, 5) is 4.16. The molecule has 0 bridgehead atoms. The number of methoxy groups -OCH3 is 1. The summed E-state index contributed by atoms with van der Waals surface area (Å²) in [6.07, 6.45) is 0.879. The Morgan fingerprint density at radius 2 is 1.80 bits per heavy atom. The Bertz CT molecular complexity index is 675. The summed E-state index contributed by atoms with van der Waals surface area (Å²) in [7, 11) is 3.38. The predicted molar refractivity (Wildman–Crippen MR) is 98.0 cm³/mol. The standard InChI is InChI=1S/C19H24FN3O2/c1-21-19(22-11-10-15-6-8-17(24-2)9-7-15)23-12-13-25-18-5-3-4-16(20)14-18/h3-9,14H,10-13H2,1-2H3,(H2,21,22,23). The molecule has 0 spiro atoms. The van der Waals surface area contributed by atoms with Crippen LogP contribution in [0.5, 0.6) is 11.5 Å². The average molecular weight is 345 g/mol. The molecule has 6 heteroatoms. The van der Waals surface area contributed by atoms with Crippen LogP contribution in [0.25, 0.3) is 0 Å². The second-order valence-corrected chi connectivity index (χ2v) is 5.33.